The predicted octanol–water partition coefficient (Wildman–Crippen LogP) is 3.29. The van der Waals surface area contributed by atoms with E-state index in [-0.39, 0.29) is 30.9 Å². The summed E-state index contributed by atoms with van der Waals surface area (Å²) >= 11 is 3.51. The molecule has 0 saturated heterocycles. The third kappa shape index (κ3) is 5.33. The standard InChI is InChI=1S/C21H20IN5O4S/c1-2-27-18(10-23-20(29)13-3-8-16-17(9-13)31-12-30-16)25-26-21(27)32-11-19(28)24-15-6-4-14(22)5-7-15/h3-9H,2,10-12H2,1H3,(H,23,29)(H,24,28). The van der Waals surface area contributed by atoms with E-state index >= 15 is 0 Å². The molecule has 1 aliphatic heterocycles. The Morgan fingerprint density at radius 3 is 2.69 bits per heavy atom. The number of carbonyl (C=O) groups is 2. The van der Waals surface area contributed by atoms with Crippen molar-refractivity contribution >= 4 is 51.9 Å². The zero-order chi connectivity index (χ0) is 22.5. The molecule has 2 heterocycles. The number of nitrogens with zero attached hydrogens (tertiary/aromatic N) is 3. The van der Waals surface area contributed by atoms with Gasteiger partial charge in [0.2, 0.25) is 12.7 Å². The lowest BCUT2D eigenvalue weighted by Crippen LogP contribution is -2.24. The highest BCUT2D eigenvalue weighted by Crippen LogP contribution is 2.32. The molecule has 0 saturated carbocycles. The van der Waals surface area contributed by atoms with Gasteiger partial charge in [0.15, 0.2) is 22.5 Å². The van der Waals surface area contributed by atoms with E-state index < -0.39 is 0 Å². The SMILES string of the molecule is CCn1c(CNC(=O)c2ccc3c(c2)OCO3)nnc1SCC(=O)Nc1ccc(I)cc1. The first-order valence-corrected chi connectivity index (χ1v) is 11.9. The third-order valence-corrected chi connectivity index (χ3v) is 6.30. The molecule has 0 aliphatic carbocycles. The van der Waals surface area contributed by atoms with E-state index in [4.69, 9.17) is 9.47 Å². The number of benzene rings is 2. The Labute approximate surface area is 202 Å². The van der Waals surface area contributed by atoms with Crippen molar-refractivity contribution in [3.8, 4) is 11.5 Å². The molecule has 32 heavy (non-hydrogen) atoms. The summed E-state index contributed by atoms with van der Waals surface area (Å²) < 4.78 is 13.6. The molecule has 0 bridgehead atoms. The minimum Gasteiger partial charge on any atom is -0.454 e. The fraction of sp³-hybridized carbons (Fsp3) is 0.238. The Bertz CT molecular complexity index is 1140. The van der Waals surface area contributed by atoms with Crippen LogP contribution in [0.3, 0.4) is 0 Å². The highest BCUT2D eigenvalue weighted by Gasteiger charge is 2.18. The molecule has 0 atom stereocenters. The normalized spacial score (nSPS) is 11.9. The van der Waals surface area contributed by atoms with Crippen molar-refractivity contribution in [2.24, 2.45) is 0 Å². The first-order chi connectivity index (χ1) is 15.5. The molecular formula is C21H20IN5O4S. The van der Waals surface area contributed by atoms with E-state index in [1.165, 1.54) is 11.8 Å². The number of carbonyl (C=O) groups excluding carboxylic acids is 2. The summed E-state index contributed by atoms with van der Waals surface area (Å²) in [5, 5.41) is 14.7. The van der Waals surface area contributed by atoms with Crippen LogP contribution in [0.4, 0.5) is 5.69 Å². The molecule has 0 unspecified atom stereocenters. The van der Waals surface area contributed by atoms with Gasteiger partial charge in [-0.05, 0) is 72.0 Å². The molecule has 1 aromatic heterocycles. The van der Waals surface area contributed by atoms with Gasteiger partial charge in [-0.3, -0.25) is 9.59 Å². The van der Waals surface area contributed by atoms with Gasteiger partial charge in [0.05, 0.1) is 12.3 Å². The molecule has 2 amide bonds. The van der Waals surface area contributed by atoms with Crippen molar-refractivity contribution in [1.82, 2.24) is 20.1 Å². The van der Waals surface area contributed by atoms with Crippen molar-refractivity contribution in [2.75, 3.05) is 17.9 Å². The summed E-state index contributed by atoms with van der Waals surface area (Å²) in [4.78, 5) is 24.8. The summed E-state index contributed by atoms with van der Waals surface area (Å²) in [6.07, 6.45) is 0. The highest BCUT2D eigenvalue weighted by molar-refractivity contribution is 14.1. The fourth-order valence-corrected chi connectivity index (χ4v) is 4.21. The fourth-order valence-electron chi connectivity index (χ4n) is 3.03. The number of nitrogens with one attached hydrogen (secondary N) is 2. The second-order valence-corrected chi connectivity index (χ2v) is 8.93. The van der Waals surface area contributed by atoms with Crippen LogP contribution in [0.5, 0.6) is 11.5 Å². The maximum atomic E-state index is 12.5. The van der Waals surface area contributed by atoms with Crippen LogP contribution >= 0.6 is 34.4 Å². The van der Waals surface area contributed by atoms with Gasteiger partial charge in [-0.2, -0.15) is 0 Å². The Hall–Kier alpha value is -2.80. The van der Waals surface area contributed by atoms with Crippen LogP contribution < -0.4 is 20.1 Å². The molecule has 2 N–H and O–H groups in total. The summed E-state index contributed by atoms with van der Waals surface area (Å²) in [5.41, 5.74) is 1.22. The molecule has 0 fully saturated rings. The number of hydrogen-bond acceptors (Lipinski definition) is 7. The van der Waals surface area contributed by atoms with E-state index in [0.29, 0.717) is 34.6 Å². The molecule has 1 aliphatic rings. The van der Waals surface area contributed by atoms with Crippen LogP contribution in [0, 0.1) is 3.57 Å². The average Bonchev–Trinajstić information content (AvgIpc) is 3.43. The van der Waals surface area contributed by atoms with E-state index in [1.807, 2.05) is 35.8 Å². The monoisotopic (exact) mass is 565 g/mol. The van der Waals surface area contributed by atoms with Crippen LogP contribution in [-0.4, -0.2) is 39.1 Å². The number of halogens is 1. The lowest BCUT2D eigenvalue weighted by molar-refractivity contribution is -0.113. The number of fused-ring (bicyclic) bond motifs is 1. The average molecular weight is 565 g/mol. The Balaban J connectivity index is 1.32. The number of aromatic nitrogens is 3. The Morgan fingerprint density at radius 2 is 1.91 bits per heavy atom. The van der Waals surface area contributed by atoms with Crippen molar-refractivity contribution in [1.29, 1.82) is 0 Å². The van der Waals surface area contributed by atoms with Gasteiger partial charge in [0, 0.05) is 21.4 Å². The maximum Gasteiger partial charge on any atom is 0.251 e. The first kappa shape index (κ1) is 22.4. The minimum atomic E-state index is -0.250. The zero-order valence-corrected chi connectivity index (χ0v) is 20.1. The van der Waals surface area contributed by atoms with Crippen LogP contribution in [0.15, 0.2) is 47.6 Å². The predicted molar refractivity (Wildman–Crippen MR) is 128 cm³/mol. The molecular weight excluding hydrogens is 545 g/mol. The molecule has 9 nitrogen and oxygen atoms in total. The molecule has 0 spiro atoms. The highest BCUT2D eigenvalue weighted by atomic mass is 127. The van der Waals surface area contributed by atoms with E-state index in [1.54, 1.807) is 18.2 Å². The Kier molecular flexibility index (Phi) is 7.15. The number of rotatable bonds is 8. The van der Waals surface area contributed by atoms with Gasteiger partial charge in [-0.1, -0.05) is 11.8 Å². The van der Waals surface area contributed by atoms with E-state index in [0.717, 1.165) is 9.26 Å². The molecule has 4 rings (SSSR count). The minimum absolute atomic E-state index is 0.125. The van der Waals surface area contributed by atoms with Gasteiger partial charge < -0.3 is 24.7 Å². The number of amides is 2. The lowest BCUT2D eigenvalue weighted by atomic mass is 10.2. The summed E-state index contributed by atoms with van der Waals surface area (Å²) in [5.74, 6) is 1.62. The quantitative estimate of drug-likeness (QED) is 0.319. The first-order valence-electron chi connectivity index (χ1n) is 9.81. The number of ether oxygens (including phenoxy) is 2. The second-order valence-electron chi connectivity index (χ2n) is 6.74. The van der Waals surface area contributed by atoms with Crippen molar-refractivity contribution < 1.29 is 19.1 Å². The second kappa shape index (κ2) is 10.2. The Morgan fingerprint density at radius 1 is 1.12 bits per heavy atom. The molecule has 166 valence electrons. The number of hydrogen-bond donors (Lipinski definition) is 2. The third-order valence-electron chi connectivity index (χ3n) is 4.61. The van der Waals surface area contributed by atoms with Crippen molar-refractivity contribution in [3.05, 3.63) is 57.4 Å². The topological polar surface area (TPSA) is 107 Å². The van der Waals surface area contributed by atoms with Crippen molar-refractivity contribution in [3.63, 3.8) is 0 Å². The molecule has 3 aromatic rings. The van der Waals surface area contributed by atoms with Gasteiger partial charge in [0.25, 0.3) is 5.91 Å². The lowest BCUT2D eigenvalue weighted by Gasteiger charge is -2.09. The molecule has 0 radical (unpaired) electrons. The molecule has 11 heteroatoms. The van der Waals surface area contributed by atoms with Gasteiger partial charge >= 0.3 is 0 Å². The van der Waals surface area contributed by atoms with Crippen LogP contribution in [0.25, 0.3) is 0 Å². The number of anilines is 1. The van der Waals surface area contributed by atoms with Gasteiger partial charge in [-0.15, -0.1) is 10.2 Å². The van der Waals surface area contributed by atoms with Crippen LogP contribution in [0.1, 0.15) is 23.1 Å². The summed E-state index contributed by atoms with van der Waals surface area (Å²) in [7, 11) is 0. The van der Waals surface area contributed by atoms with Crippen LogP contribution in [-0.2, 0) is 17.9 Å². The van der Waals surface area contributed by atoms with E-state index in [2.05, 4.69) is 43.4 Å². The smallest absolute Gasteiger partial charge is 0.251 e. The van der Waals surface area contributed by atoms with E-state index in [9.17, 15) is 9.59 Å². The zero-order valence-electron chi connectivity index (χ0n) is 17.1. The van der Waals surface area contributed by atoms with Gasteiger partial charge in [0.1, 0.15) is 0 Å². The summed E-state index contributed by atoms with van der Waals surface area (Å²) in [6.45, 7) is 2.94. The summed E-state index contributed by atoms with van der Waals surface area (Å²) in [6, 6.07) is 12.6. The van der Waals surface area contributed by atoms with Crippen LogP contribution in [0.2, 0.25) is 0 Å². The molecule has 2 aromatic carbocycles. The largest absolute Gasteiger partial charge is 0.454 e. The maximum absolute atomic E-state index is 12.5. The number of thioether (sulfide) groups is 1. The van der Waals surface area contributed by atoms with Crippen molar-refractivity contribution in [2.45, 2.75) is 25.2 Å². The van der Waals surface area contributed by atoms with Gasteiger partial charge in [-0.25, -0.2) is 0 Å².